The lowest BCUT2D eigenvalue weighted by molar-refractivity contribution is 0.0660. The van der Waals surface area contributed by atoms with Gasteiger partial charge in [-0.2, -0.15) is 0 Å². The van der Waals surface area contributed by atoms with Gasteiger partial charge in [-0.15, -0.1) is 0 Å². The molecule has 7 heteroatoms. The number of fused-ring (bicyclic) bond motifs is 1. The number of halogens is 1. The molecule has 1 aliphatic heterocycles. The number of rotatable bonds is 4. The molecule has 0 aliphatic carbocycles. The second-order valence-corrected chi connectivity index (χ2v) is 7.26. The molecule has 4 heterocycles. The van der Waals surface area contributed by atoms with E-state index >= 15 is 0 Å². The predicted octanol–water partition coefficient (Wildman–Crippen LogP) is 3.99. The summed E-state index contributed by atoms with van der Waals surface area (Å²) in [5.41, 5.74) is 3.27. The van der Waals surface area contributed by atoms with Gasteiger partial charge in [0.2, 0.25) is 0 Å². The van der Waals surface area contributed by atoms with Crippen molar-refractivity contribution in [2.24, 2.45) is 5.92 Å². The standard InChI is InChI=1S/C22H20FN5O/c23-17-1-3-18(4-2-17)28-20-14-24-8-5-19(20)27-22(28)16-12-25-21(26-13-16)11-15-6-9-29-10-7-15/h1-5,8,12-15H,6-7,9-11H2. The summed E-state index contributed by atoms with van der Waals surface area (Å²) in [7, 11) is 0. The lowest BCUT2D eigenvalue weighted by atomic mass is 9.96. The van der Waals surface area contributed by atoms with Crippen LogP contribution in [0.2, 0.25) is 0 Å². The predicted molar refractivity (Wildman–Crippen MR) is 107 cm³/mol. The molecule has 29 heavy (non-hydrogen) atoms. The molecule has 6 nitrogen and oxygen atoms in total. The first-order chi connectivity index (χ1) is 14.3. The van der Waals surface area contributed by atoms with Crippen molar-refractivity contribution in [3.8, 4) is 17.1 Å². The van der Waals surface area contributed by atoms with E-state index in [1.54, 1.807) is 24.5 Å². The van der Waals surface area contributed by atoms with Crippen LogP contribution in [0.3, 0.4) is 0 Å². The highest BCUT2D eigenvalue weighted by Crippen LogP contribution is 2.28. The molecule has 0 atom stereocenters. The molecule has 0 unspecified atom stereocenters. The van der Waals surface area contributed by atoms with Gasteiger partial charge >= 0.3 is 0 Å². The summed E-state index contributed by atoms with van der Waals surface area (Å²) < 4.78 is 20.8. The van der Waals surface area contributed by atoms with Crippen LogP contribution in [0.25, 0.3) is 28.1 Å². The lowest BCUT2D eigenvalue weighted by Crippen LogP contribution is -2.18. The molecule has 0 saturated carbocycles. The third-order valence-corrected chi connectivity index (χ3v) is 5.32. The minimum Gasteiger partial charge on any atom is -0.381 e. The van der Waals surface area contributed by atoms with Gasteiger partial charge in [-0.1, -0.05) is 0 Å². The van der Waals surface area contributed by atoms with E-state index in [0.29, 0.717) is 11.7 Å². The van der Waals surface area contributed by atoms with E-state index < -0.39 is 0 Å². The number of ether oxygens (including phenoxy) is 1. The first-order valence-corrected chi connectivity index (χ1v) is 9.75. The van der Waals surface area contributed by atoms with Crippen molar-refractivity contribution in [1.29, 1.82) is 0 Å². The number of nitrogens with zero attached hydrogens (tertiary/aromatic N) is 5. The quantitative estimate of drug-likeness (QED) is 0.528. The zero-order valence-corrected chi connectivity index (χ0v) is 15.8. The van der Waals surface area contributed by atoms with Crippen molar-refractivity contribution in [1.82, 2.24) is 24.5 Å². The van der Waals surface area contributed by atoms with Gasteiger partial charge in [-0.3, -0.25) is 9.55 Å². The van der Waals surface area contributed by atoms with Crippen LogP contribution in [0.1, 0.15) is 18.7 Å². The van der Waals surface area contributed by atoms with Gasteiger partial charge in [-0.25, -0.2) is 19.3 Å². The average Bonchev–Trinajstić information content (AvgIpc) is 3.15. The van der Waals surface area contributed by atoms with Crippen molar-refractivity contribution in [3.63, 3.8) is 0 Å². The van der Waals surface area contributed by atoms with Gasteiger partial charge in [0.05, 0.1) is 22.8 Å². The molecule has 4 aromatic rings. The highest BCUT2D eigenvalue weighted by molar-refractivity contribution is 5.82. The first kappa shape index (κ1) is 17.9. The zero-order valence-electron chi connectivity index (χ0n) is 15.8. The Kier molecular flexibility index (Phi) is 4.73. The van der Waals surface area contributed by atoms with Crippen LogP contribution in [-0.2, 0) is 11.2 Å². The normalized spacial score (nSPS) is 15.1. The van der Waals surface area contributed by atoms with Crippen molar-refractivity contribution in [2.75, 3.05) is 13.2 Å². The van der Waals surface area contributed by atoms with E-state index in [1.165, 1.54) is 12.1 Å². The Balaban J connectivity index is 1.52. The van der Waals surface area contributed by atoms with E-state index in [2.05, 4.69) is 15.0 Å². The topological polar surface area (TPSA) is 65.7 Å². The maximum Gasteiger partial charge on any atom is 0.148 e. The summed E-state index contributed by atoms with van der Waals surface area (Å²) in [4.78, 5) is 18.2. The first-order valence-electron chi connectivity index (χ1n) is 9.75. The molecule has 0 amide bonds. The van der Waals surface area contributed by atoms with Crippen molar-refractivity contribution in [3.05, 3.63) is 66.8 Å². The zero-order chi connectivity index (χ0) is 19.6. The third-order valence-electron chi connectivity index (χ3n) is 5.32. The van der Waals surface area contributed by atoms with Crippen LogP contribution in [-0.4, -0.2) is 37.7 Å². The fourth-order valence-electron chi connectivity index (χ4n) is 3.75. The summed E-state index contributed by atoms with van der Waals surface area (Å²) in [6.07, 6.45) is 10.1. The van der Waals surface area contributed by atoms with Crippen LogP contribution < -0.4 is 0 Å². The lowest BCUT2D eigenvalue weighted by Gasteiger charge is -2.21. The fraction of sp³-hybridized carbons (Fsp3) is 0.273. The molecule has 0 bridgehead atoms. The van der Waals surface area contributed by atoms with E-state index in [1.807, 2.05) is 23.0 Å². The maximum absolute atomic E-state index is 13.4. The van der Waals surface area contributed by atoms with Gasteiger partial charge in [0.1, 0.15) is 17.5 Å². The molecular formula is C22H20FN5O. The molecule has 5 rings (SSSR count). The Labute approximate surface area is 167 Å². The number of hydrogen-bond acceptors (Lipinski definition) is 5. The van der Waals surface area contributed by atoms with Crippen LogP contribution in [0.4, 0.5) is 4.39 Å². The number of benzene rings is 1. The monoisotopic (exact) mass is 389 g/mol. The Hall–Kier alpha value is -3.19. The second kappa shape index (κ2) is 7.67. The van der Waals surface area contributed by atoms with Crippen LogP contribution >= 0.6 is 0 Å². The Morgan fingerprint density at radius 2 is 1.76 bits per heavy atom. The minimum absolute atomic E-state index is 0.279. The molecule has 1 aromatic carbocycles. The maximum atomic E-state index is 13.4. The highest BCUT2D eigenvalue weighted by Gasteiger charge is 2.18. The van der Waals surface area contributed by atoms with Crippen LogP contribution in [0.15, 0.2) is 55.1 Å². The van der Waals surface area contributed by atoms with Crippen LogP contribution in [0, 0.1) is 11.7 Å². The van der Waals surface area contributed by atoms with Gasteiger partial charge < -0.3 is 4.74 Å². The SMILES string of the molecule is Fc1ccc(-n2c(-c3cnc(CC4CCOCC4)nc3)nc3ccncc32)cc1. The Morgan fingerprint density at radius 1 is 1.00 bits per heavy atom. The largest absolute Gasteiger partial charge is 0.381 e. The Morgan fingerprint density at radius 3 is 2.52 bits per heavy atom. The number of pyridine rings is 1. The summed E-state index contributed by atoms with van der Waals surface area (Å²) in [5.74, 6) is 1.84. The van der Waals surface area contributed by atoms with Gasteiger partial charge in [0.25, 0.3) is 0 Å². The molecule has 3 aromatic heterocycles. The second-order valence-electron chi connectivity index (χ2n) is 7.26. The van der Waals surface area contributed by atoms with Gasteiger partial charge in [-0.05, 0) is 49.1 Å². The van der Waals surface area contributed by atoms with Crippen molar-refractivity contribution in [2.45, 2.75) is 19.3 Å². The van der Waals surface area contributed by atoms with E-state index in [0.717, 1.165) is 60.6 Å². The molecule has 146 valence electrons. The van der Waals surface area contributed by atoms with Crippen molar-refractivity contribution < 1.29 is 9.13 Å². The molecule has 0 radical (unpaired) electrons. The van der Waals surface area contributed by atoms with E-state index in [-0.39, 0.29) is 5.82 Å². The number of hydrogen-bond donors (Lipinski definition) is 0. The van der Waals surface area contributed by atoms with Gasteiger partial charge in [0, 0.05) is 43.9 Å². The molecule has 1 fully saturated rings. The van der Waals surface area contributed by atoms with Crippen molar-refractivity contribution >= 4 is 11.0 Å². The Bertz CT molecular complexity index is 1120. The molecule has 1 saturated heterocycles. The third kappa shape index (κ3) is 3.61. The number of aromatic nitrogens is 5. The fourth-order valence-corrected chi connectivity index (χ4v) is 3.75. The molecular weight excluding hydrogens is 369 g/mol. The minimum atomic E-state index is -0.279. The summed E-state index contributed by atoms with van der Waals surface area (Å²) in [6, 6.07) is 8.20. The van der Waals surface area contributed by atoms with Crippen LogP contribution in [0.5, 0.6) is 0 Å². The molecule has 1 aliphatic rings. The van der Waals surface area contributed by atoms with E-state index in [4.69, 9.17) is 9.72 Å². The smallest absolute Gasteiger partial charge is 0.148 e. The number of imidazole rings is 1. The summed E-state index contributed by atoms with van der Waals surface area (Å²) in [5, 5.41) is 0. The molecule has 0 N–H and O–H groups in total. The van der Waals surface area contributed by atoms with E-state index in [9.17, 15) is 4.39 Å². The average molecular weight is 389 g/mol. The summed E-state index contributed by atoms with van der Waals surface area (Å²) >= 11 is 0. The highest BCUT2D eigenvalue weighted by atomic mass is 19.1. The molecule has 0 spiro atoms. The van der Waals surface area contributed by atoms with Gasteiger partial charge in [0.15, 0.2) is 0 Å². The summed E-state index contributed by atoms with van der Waals surface area (Å²) in [6.45, 7) is 1.64.